The van der Waals surface area contributed by atoms with Gasteiger partial charge >= 0.3 is 6.09 Å². The first-order valence-electron chi connectivity index (χ1n) is 8.55. The fraction of sp³-hybridized carbons (Fsp3) is 0.350. The molecule has 26 heavy (non-hydrogen) atoms. The number of primary amides is 1. The molecular formula is C20H25N3O3. The Hall–Kier alpha value is -2.89. The van der Waals surface area contributed by atoms with Gasteiger partial charge in [0.25, 0.3) is 5.91 Å². The highest BCUT2D eigenvalue weighted by atomic mass is 16.6. The second-order valence-corrected chi connectivity index (χ2v) is 6.98. The maximum atomic E-state index is 12.8. The topological polar surface area (TPSA) is 87.2 Å². The smallest absolute Gasteiger partial charge is 0.419 e. The monoisotopic (exact) mass is 355 g/mol. The second-order valence-electron chi connectivity index (χ2n) is 6.98. The molecule has 0 saturated carbocycles. The van der Waals surface area contributed by atoms with Crippen LogP contribution in [0, 0.1) is 0 Å². The van der Waals surface area contributed by atoms with E-state index in [9.17, 15) is 9.59 Å². The van der Waals surface area contributed by atoms with Crippen LogP contribution in [0.5, 0.6) is 0 Å². The van der Waals surface area contributed by atoms with E-state index in [2.05, 4.69) is 18.5 Å². The number of amides is 1. The fourth-order valence-electron chi connectivity index (χ4n) is 2.68. The zero-order valence-corrected chi connectivity index (χ0v) is 15.7. The van der Waals surface area contributed by atoms with Gasteiger partial charge in [0.1, 0.15) is 11.3 Å². The van der Waals surface area contributed by atoms with Gasteiger partial charge in [0.15, 0.2) is 0 Å². The first kappa shape index (κ1) is 19.4. The molecule has 0 aliphatic carbocycles. The fourth-order valence-corrected chi connectivity index (χ4v) is 2.68. The number of carbonyl (C=O) groups excluding carboxylic acids is 2. The molecule has 6 heteroatoms. The molecule has 2 rings (SSSR count). The molecule has 2 aromatic rings. The Balaban J connectivity index is 2.68. The number of rotatable bonds is 5. The molecule has 0 spiro atoms. The SMILES string of the molecule is C=Cc1c(CCC)cc(-c2cccc(C(N)=O)n2)n1C(=O)OC(C)(C)C. The molecule has 0 aliphatic rings. The highest BCUT2D eigenvalue weighted by Crippen LogP contribution is 2.28. The molecule has 0 aromatic carbocycles. The summed E-state index contributed by atoms with van der Waals surface area (Å²) in [6.45, 7) is 11.3. The van der Waals surface area contributed by atoms with E-state index in [1.807, 2.05) is 6.07 Å². The van der Waals surface area contributed by atoms with Crippen molar-refractivity contribution in [2.75, 3.05) is 0 Å². The lowest BCUT2D eigenvalue weighted by Crippen LogP contribution is -2.28. The van der Waals surface area contributed by atoms with E-state index in [0.29, 0.717) is 17.1 Å². The molecule has 6 nitrogen and oxygen atoms in total. The van der Waals surface area contributed by atoms with Crippen molar-refractivity contribution in [3.05, 3.63) is 47.8 Å². The Morgan fingerprint density at radius 2 is 2.04 bits per heavy atom. The van der Waals surface area contributed by atoms with E-state index in [-0.39, 0.29) is 5.69 Å². The number of carbonyl (C=O) groups is 2. The molecule has 0 bridgehead atoms. The third-order valence-electron chi connectivity index (χ3n) is 3.67. The molecule has 0 saturated heterocycles. The van der Waals surface area contributed by atoms with Crippen molar-refractivity contribution in [1.29, 1.82) is 0 Å². The Kier molecular flexibility index (Phi) is 5.65. The molecule has 138 valence electrons. The summed E-state index contributed by atoms with van der Waals surface area (Å²) in [4.78, 5) is 28.6. The standard InChI is InChI=1S/C20H25N3O3/c1-6-9-13-12-17(14-10-8-11-15(22-14)18(21)24)23(16(13)7-2)19(25)26-20(3,4)5/h7-8,10-12H,2,6,9H2,1,3-5H3,(H2,21,24). The largest absolute Gasteiger partial charge is 0.443 e. The first-order chi connectivity index (χ1) is 12.2. The van der Waals surface area contributed by atoms with Gasteiger partial charge in [-0.3, -0.25) is 4.79 Å². The minimum Gasteiger partial charge on any atom is -0.443 e. The van der Waals surface area contributed by atoms with Crippen LogP contribution >= 0.6 is 0 Å². The van der Waals surface area contributed by atoms with Crippen LogP contribution in [0.3, 0.4) is 0 Å². The summed E-state index contributed by atoms with van der Waals surface area (Å²) in [5.74, 6) is -0.625. The van der Waals surface area contributed by atoms with Gasteiger partial charge in [-0.25, -0.2) is 14.3 Å². The van der Waals surface area contributed by atoms with Crippen molar-refractivity contribution in [3.8, 4) is 11.4 Å². The van der Waals surface area contributed by atoms with Crippen molar-refractivity contribution in [2.45, 2.75) is 46.1 Å². The number of nitrogens with zero attached hydrogens (tertiary/aromatic N) is 2. The molecule has 2 N–H and O–H groups in total. The van der Waals surface area contributed by atoms with Crippen molar-refractivity contribution >= 4 is 18.1 Å². The molecule has 0 aliphatic heterocycles. The molecule has 2 aromatic heterocycles. The number of aromatic nitrogens is 2. The lowest BCUT2D eigenvalue weighted by Gasteiger charge is -2.21. The molecule has 0 fully saturated rings. The van der Waals surface area contributed by atoms with Gasteiger partial charge in [-0.15, -0.1) is 0 Å². The zero-order valence-electron chi connectivity index (χ0n) is 15.7. The van der Waals surface area contributed by atoms with Crippen LogP contribution in [-0.4, -0.2) is 27.2 Å². The molecule has 0 atom stereocenters. The summed E-state index contributed by atoms with van der Waals surface area (Å²) >= 11 is 0. The molecule has 0 radical (unpaired) electrons. The van der Waals surface area contributed by atoms with E-state index in [0.717, 1.165) is 18.4 Å². The van der Waals surface area contributed by atoms with Crippen LogP contribution in [0.4, 0.5) is 4.79 Å². The molecule has 2 heterocycles. The lowest BCUT2D eigenvalue weighted by molar-refractivity contribution is 0.0539. The Morgan fingerprint density at radius 3 is 2.58 bits per heavy atom. The van der Waals surface area contributed by atoms with Gasteiger partial charge in [-0.2, -0.15) is 0 Å². The maximum Gasteiger partial charge on any atom is 0.419 e. The summed E-state index contributed by atoms with van der Waals surface area (Å²) in [6, 6.07) is 6.83. The number of nitrogens with two attached hydrogens (primary N) is 1. The van der Waals surface area contributed by atoms with Crippen molar-refractivity contribution < 1.29 is 14.3 Å². The zero-order chi connectivity index (χ0) is 19.5. The van der Waals surface area contributed by atoms with E-state index in [4.69, 9.17) is 10.5 Å². The highest BCUT2D eigenvalue weighted by Gasteiger charge is 2.25. The summed E-state index contributed by atoms with van der Waals surface area (Å²) in [5.41, 5.74) is 7.47. The Labute approximate surface area is 153 Å². The van der Waals surface area contributed by atoms with E-state index in [1.54, 1.807) is 39.0 Å². The summed E-state index contributed by atoms with van der Waals surface area (Å²) in [5, 5.41) is 0. The minimum absolute atomic E-state index is 0.136. The van der Waals surface area contributed by atoms with Crippen LogP contribution in [0.15, 0.2) is 30.8 Å². The van der Waals surface area contributed by atoms with Crippen molar-refractivity contribution in [1.82, 2.24) is 9.55 Å². The Bertz CT molecular complexity index is 844. The predicted molar refractivity (Wildman–Crippen MR) is 102 cm³/mol. The maximum absolute atomic E-state index is 12.8. The van der Waals surface area contributed by atoms with Crippen molar-refractivity contribution in [3.63, 3.8) is 0 Å². The van der Waals surface area contributed by atoms with Gasteiger partial charge in [-0.05, 0) is 57.0 Å². The number of pyridine rings is 1. The summed E-state index contributed by atoms with van der Waals surface area (Å²) in [6.07, 6.45) is 2.81. The van der Waals surface area contributed by atoms with Gasteiger partial charge in [0, 0.05) is 0 Å². The number of hydrogen-bond donors (Lipinski definition) is 1. The van der Waals surface area contributed by atoms with Crippen LogP contribution < -0.4 is 5.73 Å². The quantitative estimate of drug-likeness (QED) is 0.877. The molecule has 1 amide bonds. The lowest BCUT2D eigenvalue weighted by atomic mass is 10.1. The van der Waals surface area contributed by atoms with E-state index in [1.165, 1.54) is 10.6 Å². The highest BCUT2D eigenvalue weighted by molar-refractivity contribution is 5.91. The third kappa shape index (κ3) is 4.20. The van der Waals surface area contributed by atoms with Crippen LogP contribution in [0.1, 0.15) is 55.9 Å². The van der Waals surface area contributed by atoms with Gasteiger partial charge < -0.3 is 10.5 Å². The van der Waals surface area contributed by atoms with Gasteiger partial charge in [-0.1, -0.05) is 26.0 Å². The number of aryl methyl sites for hydroxylation is 1. The number of hydrogen-bond acceptors (Lipinski definition) is 4. The average molecular weight is 355 g/mol. The number of ether oxygens (including phenoxy) is 1. The van der Waals surface area contributed by atoms with Gasteiger partial charge in [0.05, 0.1) is 17.1 Å². The summed E-state index contributed by atoms with van der Waals surface area (Å²) in [7, 11) is 0. The minimum atomic E-state index is -0.648. The molecular weight excluding hydrogens is 330 g/mol. The average Bonchev–Trinajstić information content (AvgIpc) is 2.92. The summed E-state index contributed by atoms with van der Waals surface area (Å²) < 4.78 is 7.01. The van der Waals surface area contributed by atoms with Crippen molar-refractivity contribution in [2.24, 2.45) is 5.73 Å². The first-order valence-corrected chi connectivity index (χ1v) is 8.55. The predicted octanol–water partition coefficient (Wildman–Crippen LogP) is 4.03. The normalized spacial score (nSPS) is 11.2. The van der Waals surface area contributed by atoms with E-state index >= 15 is 0 Å². The third-order valence-corrected chi connectivity index (χ3v) is 3.67. The van der Waals surface area contributed by atoms with Crippen LogP contribution in [0.2, 0.25) is 0 Å². The van der Waals surface area contributed by atoms with E-state index < -0.39 is 17.6 Å². The molecule has 0 unspecified atom stereocenters. The van der Waals surface area contributed by atoms with Crippen LogP contribution in [0.25, 0.3) is 17.5 Å². The Morgan fingerprint density at radius 1 is 1.35 bits per heavy atom. The van der Waals surface area contributed by atoms with Crippen LogP contribution in [-0.2, 0) is 11.2 Å². The van der Waals surface area contributed by atoms with Gasteiger partial charge in [0.2, 0.25) is 0 Å². The second kappa shape index (κ2) is 7.56.